The summed E-state index contributed by atoms with van der Waals surface area (Å²) in [6, 6.07) is 8.59. The number of benzene rings is 2. The number of carbonyl (C=O) groups is 2. The Balaban J connectivity index is 0.000000200. The van der Waals surface area contributed by atoms with E-state index in [-0.39, 0.29) is 48.7 Å². The molecule has 0 bridgehead atoms. The number of amides is 2. The van der Waals surface area contributed by atoms with Gasteiger partial charge in [-0.25, -0.2) is 0 Å². The maximum atomic E-state index is 12.3. The molecule has 2 amide bonds. The third-order valence-electron chi connectivity index (χ3n) is 7.59. The second-order valence-corrected chi connectivity index (χ2v) is 10.8. The average molecular weight is 602 g/mol. The van der Waals surface area contributed by atoms with Crippen LogP contribution in [0.5, 0.6) is 0 Å². The van der Waals surface area contributed by atoms with Gasteiger partial charge in [-0.05, 0) is 47.2 Å². The summed E-state index contributed by atoms with van der Waals surface area (Å²) in [6.07, 6.45) is 4.22. The Kier molecular flexibility index (Phi) is 10.8. The Morgan fingerprint density at radius 2 is 1.13 bits per heavy atom. The highest BCUT2D eigenvalue weighted by molar-refractivity contribution is 6.35. The predicted molar refractivity (Wildman–Crippen MR) is 159 cm³/mol. The van der Waals surface area contributed by atoms with Crippen LogP contribution in [0.1, 0.15) is 81.7 Å². The lowest BCUT2D eigenvalue weighted by Crippen LogP contribution is -2.44. The molecule has 2 aromatic carbocycles. The first-order chi connectivity index (χ1) is 17.4. The molecule has 2 atom stereocenters. The third-order valence-corrected chi connectivity index (χ3v) is 8.19. The second-order valence-electron chi connectivity index (χ2n) is 10.0. The molecule has 0 aromatic heterocycles. The highest BCUT2D eigenvalue weighted by Crippen LogP contribution is 2.40. The number of aryl methyl sites for hydroxylation is 2. The van der Waals surface area contributed by atoms with Crippen molar-refractivity contribution >= 4 is 59.8 Å². The largest absolute Gasteiger partial charge is 0.329 e. The molecule has 6 nitrogen and oxygen atoms in total. The Bertz CT molecular complexity index is 1100. The number of rotatable bonds is 4. The summed E-state index contributed by atoms with van der Waals surface area (Å²) in [5.74, 6) is 0.203. The van der Waals surface area contributed by atoms with Crippen molar-refractivity contribution in [3.63, 3.8) is 0 Å². The van der Waals surface area contributed by atoms with E-state index < -0.39 is 0 Å². The van der Waals surface area contributed by atoms with Crippen LogP contribution < -0.4 is 10.6 Å². The summed E-state index contributed by atoms with van der Waals surface area (Å²) >= 11 is 12.6. The van der Waals surface area contributed by atoms with E-state index in [9.17, 15) is 9.59 Å². The molecule has 6 rings (SSSR count). The normalized spacial score (nSPS) is 20.8. The van der Waals surface area contributed by atoms with Gasteiger partial charge in [-0.1, -0.05) is 62.0 Å². The molecule has 0 spiro atoms. The number of fused-ring (bicyclic) bond motifs is 6. The summed E-state index contributed by atoms with van der Waals surface area (Å²) < 4.78 is 0. The van der Waals surface area contributed by atoms with Crippen LogP contribution in [0.3, 0.4) is 0 Å². The molecule has 4 heterocycles. The fourth-order valence-electron chi connectivity index (χ4n) is 5.95. The van der Waals surface area contributed by atoms with E-state index in [1.807, 2.05) is 21.9 Å². The standard InChI is InChI=1S/2C14H17ClN2O.2ClH/c2*1-2-3-9-6-10-12-8-16-4-5-17(12)14(18)13(10)11(15)7-9;;/h2*6-7,12,16H,2-5,8H2,1H3;2*1H/t2*12-;;/m10../s1. The summed E-state index contributed by atoms with van der Waals surface area (Å²) in [5.41, 5.74) is 6.16. The quantitative estimate of drug-likeness (QED) is 0.477. The molecule has 0 unspecified atom stereocenters. The van der Waals surface area contributed by atoms with Gasteiger partial charge in [-0.15, -0.1) is 24.8 Å². The zero-order chi connectivity index (χ0) is 25.4. The van der Waals surface area contributed by atoms with Gasteiger partial charge in [-0.2, -0.15) is 0 Å². The maximum absolute atomic E-state index is 12.3. The molecule has 4 aliphatic rings. The van der Waals surface area contributed by atoms with Gasteiger partial charge in [0.05, 0.1) is 33.3 Å². The highest BCUT2D eigenvalue weighted by atomic mass is 35.5. The van der Waals surface area contributed by atoms with E-state index >= 15 is 0 Å². The second kappa shape index (κ2) is 13.2. The van der Waals surface area contributed by atoms with Crippen LogP contribution in [0.15, 0.2) is 24.3 Å². The number of piperazine rings is 2. The minimum atomic E-state index is 0. The fourth-order valence-corrected chi connectivity index (χ4v) is 6.61. The van der Waals surface area contributed by atoms with Gasteiger partial charge in [0, 0.05) is 39.3 Å². The van der Waals surface area contributed by atoms with E-state index in [1.54, 1.807) is 0 Å². The van der Waals surface area contributed by atoms with E-state index in [4.69, 9.17) is 23.2 Å². The van der Waals surface area contributed by atoms with E-state index in [2.05, 4.69) is 36.6 Å². The topological polar surface area (TPSA) is 64.7 Å². The van der Waals surface area contributed by atoms with Crippen LogP contribution in [0.2, 0.25) is 10.0 Å². The lowest BCUT2D eigenvalue weighted by molar-refractivity contribution is 0.0683. The van der Waals surface area contributed by atoms with Crippen molar-refractivity contribution in [2.24, 2.45) is 0 Å². The lowest BCUT2D eigenvalue weighted by atomic mass is 9.99. The average Bonchev–Trinajstić information content (AvgIpc) is 3.32. The maximum Gasteiger partial charge on any atom is 0.256 e. The van der Waals surface area contributed by atoms with Gasteiger partial charge in [0.25, 0.3) is 11.8 Å². The molecular formula is C28H36Cl4N4O2. The lowest BCUT2D eigenvalue weighted by Gasteiger charge is -2.30. The number of hydrogen-bond acceptors (Lipinski definition) is 4. The Morgan fingerprint density at radius 1 is 0.737 bits per heavy atom. The van der Waals surface area contributed by atoms with Gasteiger partial charge in [0.2, 0.25) is 0 Å². The van der Waals surface area contributed by atoms with Crippen LogP contribution >= 0.6 is 48.0 Å². The van der Waals surface area contributed by atoms with Crippen LogP contribution in [0, 0.1) is 0 Å². The molecule has 10 heteroatoms. The number of carbonyl (C=O) groups excluding carboxylic acids is 2. The SMILES string of the molecule is CCCc1cc(Cl)c2c(c1)[C@@H]1CNCCN1C2=O.CCCc1cc(Cl)c2c(c1)[C@H]1CNCCN1C2=O.Cl.Cl. The third kappa shape index (κ3) is 5.67. The van der Waals surface area contributed by atoms with Gasteiger partial charge >= 0.3 is 0 Å². The zero-order valence-electron chi connectivity index (χ0n) is 21.8. The van der Waals surface area contributed by atoms with Gasteiger partial charge in [0.1, 0.15) is 0 Å². The smallest absolute Gasteiger partial charge is 0.256 e. The summed E-state index contributed by atoms with van der Waals surface area (Å²) in [4.78, 5) is 28.6. The summed E-state index contributed by atoms with van der Waals surface area (Å²) in [5, 5.41) is 7.94. The summed E-state index contributed by atoms with van der Waals surface area (Å²) in [6.45, 7) is 9.28. The van der Waals surface area contributed by atoms with E-state index in [0.717, 1.165) is 87.2 Å². The molecule has 0 aliphatic carbocycles. The molecule has 38 heavy (non-hydrogen) atoms. The number of nitrogens with one attached hydrogen (secondary N) is 2. The van der Waals surface area contributed by atoms with Crippen LogP contribution in [0.25, 0.3) is 0 Å². The Morgan fingerprint density at radius 3 is 1.50 bits per heavy atom. The van der Waals surface area contributed by atoms with Crippen molar-refractivity contribution < 1.29 is 9.59 Å². The zero-order valence-corrected chi connectivity index (χ0v) is 25.0. The summed E-state index contributed by atoms with van der Waals surface area (Å²) in [7, 11) is 0. The van der Waals surface area contributed by atoms with E-state index in [1.165, 1.54) is 11.1 Å². The fraction of sp³-hybridized carbons (Fsp3) is 0.500. The monoisotopic (exact) mass is 600 g/mol. The van der Waals surface area contributed by atoms with Gasteiger partial charge < -0.3 is 20.4 Å². The van der Waals surface area contributed by atoms with Crippen molar-refractivity contribution in [3.05, 3.63) is 67.7 Å². The molecular weight excluding hydrogens is 566 g/mol. The molecule has 0 radical (unpaired) electrons. The van der Waals surface area contributed by atoms with Gasteiger partial charge in [0.15, 0.2) is 0 Å². The van der Waals surface area contributed by atoms with Crippen LogP contribution in [0.4, 0.5) is 0 Å². The molecule has 208 valence electrons. The van der Waals surface area contributed by atoms with Crippen LogP contribution in [-0.4, -0.2) is 60.9 Å². The number of halogens is 4. The van der Waals surface area contributed by atoms with Crippen LogP contribution in [-0.2, 0) is 12.8 Å². The number of hydrogen-bond donors (Lipinski definition) is 2. The predicted octanol–water partition coefficient (Wildman–Crippen LogP) is 5.63. The minimum Gasteiger partial charge on any atom is -0.329 e. The van der Waals surface area contributed by atoms with Crippen molar-refractivity contribution in [2.45, 2.75) is 51.6 Å². The first-order valence-corrected chi connectivity index (χ1v) is 13.9. The first kappa shape index (κ1) is 31.0. The van der Waals surface area contributed by atoms with Crippen molar-refractivity contribution in [2.75, 3.05) is 39.3 Å². The molecule has 2 fully saturated rings. The molecule has 2 N–H and O–H groups in total. The molecule has 2 saturated heterocycles. The highest BCUT2D eigenvalue weighted by Gasteiger charge is 2.40. The first-order valence-electron chi connectivity index (χ1n) is 13.1. The van der Waals surface area contributed by atoms with E-state index in [0.29, 0.717) is 10.0 Å². The van der Waals surface area contributed by atoms with Crippen molar-refractivity contribution in [3.8, 4) is 0 Å². The molecule has 2 aromatic rings. The Hall–Kier alpha value is -1.54. The minimum absolute atomic E-state index is 0. The van der Waals surface area contributed by atoms with Gasteiger partial charge in [-0.3, -0.25) is 9.59 Å². The molecule has 4 aliphatic heterocycles. The number of nitrogens with zero attached hydrogens (tertiary/aromatic N) is 2. The molecule has 0 saturated carbocycles. The van der Waals surface area contributed by atoms with Crippen molar-refractivity contribution in [1.29, 1.82) is 0 Å². The van der Waals surface area contributed by atoms with Crippen molar-refractivity contribution in [1.82, 2.24) is 20.4 Å². The Labute approximate surface area is 247 Å².